The number of guanidine groups is 1. The number of carbonyl (C=O) groups is 1. The van der Waals surface area contributed by atoms with E-state index in [1.54, 1.807) is 0 Å². The standard InChI is InChI=1S/C18H34N4O.HI/c1-5-19-17(20-12-16(23)22-18(2,3)4)21-15-11-14(15)13-9-7-6-8-10-13;/h13-15H,5-12H2,1-4H3,(H,22,23)(H2,19,20,21);1H. The molecule has 2 atom stereocenters. The van der Waals surface area contributed by atoms with E-state index in [1.165, 1.54) is 38.5 Å². The number of aliphatic imine (C=N–C) groups is 1. The van der Waals surface area contributed by atoms with Gasteiger partial charge in [-0.2, -0.15) is 0 Å². The number of hydrogen-bond acceptors (Lipinski definition) is 2. The molecule has 2 fully saturated rings. The molecule has 0 aromatic carbocycles. The largest absolute Gasteiger partial charge is 0.357 e. The lowest BCUT2D eigenvalue weighted by molar-refractivity contribution is -0.121. The summed E-state index contributed by atoms with van der Waals surface area (Å²) in [6.45, 7) is 8.99. The lowest BCUT2D eigenvalue weighted by atomic mass is 9.85. The van der Waals surface area contributed by atoms with Crippen molar-refractivity contribution in [2.24, 2.45) is 16.8 Å². The van der Waals surface area contributed by atoms with E-state index in [2.05, 4.69) is 27.9 Å². The SMILES string of the molecule is CCNC(=NCC(=O)NC(C)(C)C)NC1CC1C1CCCCC1.I. The Hall–Kier alpha value is -0.530. The third-order valence-corrected chi connectivity index (χ3v) is 4.66. The smallest absolute Gasteiger partial charge is 0.242 e. The van der Waals surface area contributed by atoms with Gasteiger partial charge in [0, 0.05) is 18.1 Å². The number of halogens is 1. The molecule has 5 nitrogen and oxygen atoms in total. The first-order valence-electron chi connectivity index (χ1n) is 9.25. The molecule has 2 unspecified atom stereocenters. The molecule has 0 aliphatic heterocycles. The van der Waals surface area contributed by atoms with Gasteiger partial charge >= 0.3 is 0 Å². The van der Waals surface area contributed by atoms with Crippen LogP contribution < -0.4 is 16.0 Å². The van der Waals surface area contributed by atoms with Crippen molar-refractivity contribution in [1.29, 1.82) is 0 Å². The molecule has 0 saturated heterocycles. The van der Waals surface area contributed by atoms with Crippen LogP contribution in [0.15, 0.2) is 4.99 Å². The Labute approximate surface area is 164 Å². The van der Waals surface area contributed by atoms with E-state index < -0.39 is 0 Å². The average Bonchev–Trinajstić information content (AvgIpc) is 3.23. The minimum Gasteiger partial charge on any atom is -0.357 e. The Morgan fingerprint density at radius 1 is 1.17 bits per heavy atom. The van der Waals surface area contributed by atoms with Gasteiger partial charge in [0.05, 0.1) is 0 Å². The van der Waals surface area contributed by atoms with Gasteiger partial charge in [0.15, 0.2) is 5.96 Å². The molecule has 1 amide bonds. The van der Waals surface area contributed by atoms with Gasteiger partial charge in [-0.05, 0) is 46.0 Å². The van der Waals surface area contributed by atoms with Crippen molar-refractivity contribution in [2.45, 2.75) is 77.8 Å². The molecule has 2 aliphatic rings. The van der Waals surface area contributed by atoms with Gasteiger partial charge in [-0.15, -0.1) is 24.0 Å². The molecule has 2 aliphatic carbocycles. The maximum Gasteiger partial charge on any atom is 0.242 e. The maximum atomic E-state index is 11.9. The number of hydrogen-bond donors (Lipinski definition) is 3. The highest BCUT2D eigenvalue weighted by Crippen LogP contribution is 2.44. The van der Waals surface area contributed by atoms with Crippen LogP contribution in [0.2, 0.25) is 0 Å². The number of amides is 1. The second-order valence-corrected chi connectivity index (χ2v) is 8.04. The summed E-state index contributed by atoms with van der Waals surface area (Å²) in [5.74, 6) is 2.45. The van der Waals surface area contributed by atoms with Crippen LogP contribution in [0, 0.1) is 11.8 Å². The molecular weight excluding hydrogens is 415 g/mol. The summed E-state index contributed by atoms with van der Waals surface area (Å²) in [6, 6.07) is 0.543. The minimum absolute atomic E-state index is 0. The molecule has 140 valence electrons. The molecule has 0 bridgehead atoms. The number of carbonyl (C=O) groups excluding carboxylic acids is 1. The Bertz CT molecular complexity index is 427. The molecular formula is C18H35IN4O. The quantitative estimate of drug-likeness (QED) is 0.343. The highest BCUT2D eigenvalue weighted by molar-refractivity contribution is 14.0. The van der Waals surface area contributed by atoms with Crippen molar-refractivity contribution in [3.05, 3.63) is 0 Å². The Kier molecular flexibility index (Phi) is 8.81. The molecule has 0 aromatic heterocycles. The predicted octanol–water partition coefficient (Wildman–Crippen LogP) is 3.04. The molecule has 0 spiro atoms. The fourth-order valence-corrected chi connectivity index (χ4v) is 3.57. The van der Waals surface area contributed by atoms with E-state index in [1.807, 2.05) is 20.8 Å². The number of rotatable bonds is 5. The topological polar surface area (TPSA) is 65.5 Å². The van der Waals surface area contributed by atoms with Crippen molar-refractivity contribution in [2.75, 3.05) is 13.1 Å². The van der Waals surface area contributed by atoms with Crippen LogP contribution in [0.4, 0.5) is 0 Å². The fourth-order valence-electron chi connectivity index (χ4n) is 3.57. The average molecular weight is 450 g/mol. The highest BCUT2D eigenvalue weighted by atomic mass is 127. The van der Waals surface area contributed by atoms with Crippen molar-refractivity contribution in [1.82, 2.24) is 16.0 Å². The third-order valence-electron chi connectivity index (χ3n) is 4.66. The van der Waals surface area contributed by atoms with Crippen LogP contribution in [0.3, 0.4) is 0 Å². The molecule has 6 heteroatoms. The first-order valence-corrected chi connectivity index (χ1v) is 9.25. The second-order valence-electron chi connectivity index (χ2n) is 8.04. The van der Waals surface area contributed by atoms with Gasteiger partial charge in [0.1, 0.15) is 6.54 Å². The summed E-state index contributed by atoms with van der Waals surface area (Å²) < 4.78 is 0. The normalized spacial score (nSPS) is 24.8. The Morgan fingerprint density at radius 3 is 2.42 bits per heavy atom. The van der Waals surface area contributed by atoms with Gasteiger partial charge in [0.2, 0.25) is 5.91 Å². The highest BCUT2D eigenvalue weighted by Gasteiger charge is 2.43. The van der Waals surface area contributed by atoms with Crippen LogP contribution in [0.25, 0.3) is 0 Å². The van der Waals surface area contributed by atoms with Crippen molar-refractivity contribution in [3.8, 4) is 0 Å². The van der Waals surface area contributed by atoms with Crippen molar-refractivity contribution >= 4 is 35.8 Å². The van der Waals surface area contributed by atoms with Crippen LogP contribution in [-0.2, 0) is 4.79 Å². The molecule has 0 radical (unpaired) electrons. The first-order chi connectivity index (χ1) is 10.9. The number of nitrogens with zero attached hydrogens (tertiary/aromatic N) is 1. The molecule has 0 heterocycles. The van der Waals surface area contributed by atoms with E-state index in [0.29, 0.717) is 6.04 Å². The number of nitrogens with one attached hydrogen (secondary N) is 3. The maximum absolute atomic E-state index is 11.9. The van der Waals surface area contributed by atoms with E-state index in [9.17, 15) is 4.79 Å². The van der Waals surface area contributed by atoms with Crippen LogP contribution >= 0.6 is 24.0 Å². The molecule has 2 saturated carbocycles. The van der Waals surface area contributed by atoms with Crippen LogP contribution in [0.5, 0.6) is 0 Å². The van der Waals surface area contributed by atoms with Crippen LogP contribution in [0.1, 0.15) is 66.2 Å². The van der Waals surface area contributed by atoms with E-state index in [0.717, 1.165) is 24.3 Å². The Balaban J connectivity index is 0.00000288. The second kappa shape index (κ2) is 9.82. The summed E-state index contributed by atoms with van der Waals surface area (Å²) in [5, 5.41) is 9.72. The molecule has 3 N–H and O–H groups in total. The zero-order valence-corrected chi connectivity index (χ0v) is 18.0. The molecule has 24 heavy (non-hydrogen) atoms. The summed E-state index contributed by atoms with van der Waals surface area (Å²) in [7, 11) is 0. The van der Waals surface area contributed by atoms with Gasteiger partial charge in [0.25, 0.3) is 0 Å². The van der Waals surface area contributed by atoms with E-state index >= 15 is 0 Å². The molecule has 2 rings (SSSR count). The molecule has 0 aromatic rings. The van der Waals surface area contributed by atoms with Gasteiger partial charge in [-0.25, -0.2) is 4.99 Å². The lowest BCUT2D eigenvalue weighted by Crippen LogP contribution is -2.43. The lowest BCUT2D eigenvalue weighted by Gasteiger charge is -2.22. The monoisotopic (exact) mass is 450 g/mol. The van der Waals surface area contributed by atoms with Crippen LogP contribution in [-0.4, -0.2) is 36.5 Å². The first kappa shape index (κ1) is 21.5. The zero-order valence-electron chi connectivity index (χ0n) is 15.7. The minimum atomic E-state index is -0.207. The zero-order chi connectivity index (χ0) is 16.9. The van der Waals surface area contributed by atoms with Gasteiger partial charge in [-0.3, -0.25) is 4.79 Å². The summed E-state index contributed by atoms with van der Waals surface area (Å²) in [5.41, 5.74) is -0.207. The third kappa shape index (κ3) is 7.57. The predicted molar refractivity (Wildman–Crippen MR) is 111 cm³/mol. The fraction of sp³-hybridized carbons (Fsp3) is 0.889. The van der Waals surface area contributed by atoms with Crippen molar-refractivity contribution in [3.63, 3.8) is 0 Å². The van der Waals surface area contributed by atoms with E-state index in [-0.39, 0.29) is 42.0 Å². The summed E-state index contributed by atoms with van der Waals surface area (Å²) in [4.78, 5) is 16.3. The van der Waals surface area contributed by atoms with Gasteiger partial charge < -0.3 is 16.0 Å². The Morgan fingerprint density at radius 2 is 1.83 bits per heavy atom. The van der Waals surface area contributed by atoms with E-state index in [4.69, 9.17) is 0 Å². The summed E-state index contributed by atoms with van der Waals surface area (Å²) in [6.07, 6.45) is 8.25. The van der Waals surface area contributed by atoms with Gasteiger partial charge in [-0.1, -0.05) is 32.1 Å². The van der Waals surface area contributed by atoms with Crippen molar-refractivity contribution < 1.29 is 4.79 Å². The summed E-state index contributed by atoms with van der Waals surface area (Å²) >= 11 is 0.